The van der Waals surface area contributed by atoms with E-state index in [4.69, 9.17) is 4.42 Å². The van der Waals surface area contributed by atoms with Gasteiger partial charge in [0.25, 0.3) is 5.91 Å². The van der Waals surface area contributed by atoms with Crippen molar-refractivity contribution in [2.24, 2.45) is 0 Å². The molecule has 4 nitrogen and oxygen atoms in total. The highest BCUT2D eigenvalue weighted by atomic mass is 16.3. The van der Waals surface area contributed by atoms with Crippen LogP contribution < -0.4 is 5.32 Å². The SMILES string of the molecule is O=C(c1ccco1)N1CCN[C@@H]2CCCC[C@@H]21. The maximum absolute atomic E-state index is 12.3. The molecule has 2 fully saturated rings. The predicted molar refractivity (Wildman–Crippen MR) is 63.8 cm³/mol. The number of nitrogens with one attached hydrogen (secondary N) is 1. The first-order valence-corrected chi connectivity index (χ1v) is 6.44. The first-order chi connectivity index (χ1) is 8.36. The van der Waals surface area contributed by atoms with Gasteiger partial charge in [-0.2, -0.15) is 0 Å². The average Bonchev–Trinajstić information content (AvgIpc) is 2.91. The van der Waals surface area contributed by atoms with Gasteiger partial charge >= 0.3 is 0 Å². The topological polar surface area (TPSA) is 45.5 Å². The van der Waals surface area contributed by atoms with Gasteiger partial charge < -0.3 is 14.6 Å². The molecule has 3 rings (SSSR count). The molecular weight excluding hydrogens is 216 g/mol. The van der Waals surface area contributed by atoms with Crippen LogP contribution in [0.15, 0.2) is 22.8 Å². The molecule has 1 aromatic rings. The summed E-state index contributed by atoms with van der Waals surface area (Å²) in [7, 11) is 0. The van der Waals surface area contributed by atoms with Gasteiger partial charge in [0.1, 0.15) is 0 Å². The van der Waals surface area contributed by atoms with Crippen LogP contribution in [0.3, 0.4) is 0 Å². The van der Waals surface area contributed by atoms with Crippen molar-refractivity contribution >= 4 is 5.91 Å². The fraction of sp³-hybridized carbons (Fsp3) is 0.615. The molecule has 1 N–H and O–H groups in total. The molecular formula is C13H18N2O2. The molecule has 92 valence electrons. The second kappa shape index (κ2) is 4.53. The Hall–Kier alpha value is -1.29. The summed E-state index contributed by atoms with van der Waals surface area (Å²) in [5.74, 6) is 0.518. The molecule has 4 heteroatoms. The molecule has 2 atom stereocenters. The second-order valence-corrected chi connectivity index (χ2v) is 4.89. The van der Waals surface area contributed by atoms with Crippen LogP contribution >= 0.6 is 0 Å². The van der Waals surface area contributed by atoms with E-state index in [2.05, 4.69) is 5.32 Å². The molecule has 1 saturated carbocycles. The van der Waals surface area contributed by atoms with E-state index in [1.807, 2.05) is 4.90 Å². The summed E-state index contributed by atoms with van der Waals surface area (Å²) in [6, 6.07) is 4.36. The van der Waals surface area contributed by atoms with Crippen LogP contribution in [0.25, 0.3) is 0 Å². The van der Waals surface area contributed by atoms with E-state index in [-0.39, 0.29) is 5.91 Å². The van der Waals surface area contributed by atoms with Crippen molar-refractivity contribution in [1.29, 1.82) is 0 Å². The highest BCUT2D eigenvalue weighted by Crippen LogP contribution is 2.26. The maximum atomic E-state index is 12.3. The number of amides is 1. The van der Waals surface area contributed by atoms with Crippen molar-refractivity contribution in [2.75, 3.05) is 13.1 Å². The fourth-order valence-electron chi connectivity index (χ4n) is 3.05. The minimum atomic E-state index is 0.0494. The third-order valence-corrected chi connectivity index (χ3v) is 3.88. The van der Waals surface area contributed by atoms with Crippen molar-refractivity contribution in [3.05, 3.63) is 24.2 Å². The lowest BCUT2D eigenvalue weighted by molar-refractivity contribution is 0.0459. The van der Waals surface area contributed by atoms with Gasteiger partial charge in [0.05, 0.1) is 6.26 Å². The lowest BCUT2D eigenvalue weighted by atomic mass is 9.87. The van der Waals surface area contributed by atoms with Crippen molar-refractivity contribution in [3.63, 3.8) is 0 Å². The van der Waals surface area contributed by atoms with Gasteiger partial charge in [-0.05, 0) is 25.0 Å². The lowest BCUT2D eigenvalue weighted by Crippen LogP contribution is -2.60. The van der Waals surface area contributed by atoms with Crippen LogP contribution in [0.4, 0.5) is 0 Å². The summed E-state index contributed by atoms with van der Waals surface area (Å²) < 4.78 is 5.22. The van der Waals surface area contributed by atoms with Crippen molar-refractivity contribution < 1.29 is 9.21 Å². The number of carbonyl (C=O) groups excluding carboxylic acids is 1. The van der Waals surface area contributed by atoms with Crippen molar-refractivity contribution in [3.8, 4) is 0 Å². The van der Waals surface area contributed by atoms with E-state index in [0.717, 1.165) is 19.5 Å². The van der Waals surface area contributed by atoms with Gasteiger partial charge in [0.15, 0.2) is 5.76 Å². The molecule has 17 heavy (non-hydrogen) atoms. The Morgan fingerprint density at radius 2 is 2.29 bits per heavy atom. The van der Waals surface area contributed by atoms with Gasteiger partial charge in [-0.1, -0.05) is 12.8 Å². The maximum Gasteiger partial charge on any atom is 0.289 e. The van der Waals surface area contributed by atoms with Gasteiger partial charge in [-0.3, -0.25) is 4.79 Å². The molecule has 0 aromatic carbocycles. The molecule has 0 bridgehead atoms. The smallest absolute Gasteiger partial charge is 0.289 e. The summed E-state index contributed by atoms with van der Waals surface area (Å²) in [5, 5.41) is 3.53. The number of hydrogen-bond donors (Lipinski definition) is 1. The Labute approximate surface area is 101 Å². The van der Waals surface area contributed by atoms with Gasteiger partial charge in [0, 0.05) is 25.2 Å². The monoisotopic (exact) mass is 234 g/mol. The number of rotatable bonds is 1. The van der Waals surface area contributed by atoms with Crippen LogP contribution in [0.1, 0.15) is 36.2 Å². The molecule has 0 unspecified atom stereocenters. The molecule has 1 aromatic heterocycles. The molecule has 2 aliphatic rings. The molecule has 1 aliphatic carbocycles. The molecule has 0 radical (unpaired) electrons. The number of nitrogens with zero attached hydrogens (tertiary/aromatic N) is 1. The second-order valence-electron chi connectivity index (χ2n) is 4.89. The zero-order chi connectivity index (χ0) is 11.7. The molecule has 1 saturated heterocycles. The Bertz CT molecular complexity index is 386. The van der Waals surface area contributed by atoms with Crippen LogP contribution in [0.2, 0.25) is 0 Å². The first-order valence-electron chi connectivity index (χ1n) is 6.44. The van der Waals surface area contributed by atoms with Crippen LogP contribution in [0, 0.1) is 0 Å². The lowest BCUT2D eigenvalue weighted by Gasteiger charge is -2.44. The highest BCUT2D eigenvalue weighted by Gasteiger charge is 2.36. The number of hydrogen-bond acceptors (Lipinski definition) is 3. The number of fused-ring (bicyclic) bond motifs is 1. The Balaban J connectivity index is 1.79. The third kappa shape index (κ3) is 1.97. The predicted octanol–water partition coefficient (Wildman–Crippen LogP) is 1.64. The average molecular weight is 234 g/mol. The molecule has 2 heterocycles. The first kappa shape index (κ1) is 10.8. The zero-order valence-corrected chi connectivity index (χ0v) is 9.89. The van der Waals surface area contributed by atoms with Gasteiger partial charge in [-0.15, -0.1) is 0 Å². The molecule has 1 aliphatic heterocycles. The minimum absolute atomic E-state index is 0.0494. The standard InChI is InChI=1S/C13H18N2O2/c16-13(12-6-3-9-17-12)15-8-7-14-10-4-1-2-5-11(10)15/h3,6,9-11,14H,1-2,4-5,7-8H2/t10-,11+/m1/s1. The number of carbonyl (C=O) groups is 1. The van der Waals surface area contributed by atoms with E-state index < -0.39 is 0 Å². The zero-order valence-electron chi connectivity index (χ0n) is 9.89. The van der Waals surface area contributed by atoms with Crippen LogP contribution in [-0.2, 0) is 0 Å². The van der Waals surface area contributed by atoms with Gasteiger partial charge in [0.2, 0.25) is 0 Å². The Kier molecular flexibility index (Phi) is 2.89. The molecule has 0 spiro atoms. The summed E-state index contributed by atoms with van der Waals surface area (Å²) in [5.41, 5.74) is 0. The van der Waals surface area contributed by atoms with Crippen LogP contribution in [-0.4, -0.2) is 36.0 Å². The number of piperazine rings is 1. The van der Waals surface area contributed by atoms with Gasteiger partial charge in [-0.25, -0.2) is 0 Å². The third-order valence-electron chi connectivity index (χ3n) is 3.88. The number of furan rings is 1. The van der Waals surface area contributed by atoms with Crippen molar-refractivity contribution in [1.82, 2.24) is 10.2 Å². The van der Waals surface area contributed by atoms with E-state index in [1.54, 1.807) is 18.4 Å². The summed E-state index contributed by atoms with van der Waals surface area (Å²) in [4.78, 5) is 14.3. The van der Waals surface area contributed by atoms with E-state index in [0.29, 0.717) is 17.8 Å². The Morgan fingerprint density at radius 1 is 1.41 bits per heavy atom. The van der Waals surface area contributed by atoms with E-state index >= 15 is 0 Å². The largest absolute Gasteiger partial charge is 0.459 e. The van der Waals surface area contributed by atoms with E-state index in [1.165, 1.54) is 19.3 Å². The Morgan fingerprint density at radius 3 is 3.12 bits per heavy atom. The summed E-state index contributed by atoms with van der Waals surface area (Å²) in [6.45, 7) is 1.69. The quantitative estimate of drug-likeness (QED) is 0.803. The highest BCUT2D eigenvalue weighted by molar-refractivity contribution is 5.91. The van der Waals surface area contributed by atoms with E-state index in [9.17, 15) is 4.79 Å². The summed E-state index contributed by atoms with van der Waals surface area (Å²) in [6.07, 6.45) is 6.37. The van der Waals surface area contributed by atoms with Crippen LogP contribution in [0.5, 0.6) is 0 Å². The fourth-order valence-corrected chi connectivity index (χ4v) is 3.05. The summed E-state index contributed by atoms with van der Waals surface area (Å²) >= 11 is 0. The van der Waals surface area contributed by atoms with Crippen molar-refractivity contribution in [2.45, 2.75) is 37.8 Å². The normalized spacial score (nSPS) is 28.8. The minimum Gasteiger partial charge on any atom is -0.459 e. The molecule has 1 amide bonds.